The largest absolute Gasteiger partial charge is 0.356 e. The Morgan fingerprint density at radius 1 is 1.31 bits per heavy atom. The monoisotopic (exact) mass is 220 g/mol. The van der Waals surface area contributed by atoms with Gasteiger partial charge in [0.2, 0.25) is 5.95 Å². The summed E-state index contributed by atoms with van der Waals surface area (Å²) in [4.78, 5) is 4.24. The van der Waals surface area contributed by atoms with E-state index in [1.54, 1.807) is 6.20 Å². The van der Waals surface area contributed by atoms with E-state index < -0.39 is 0 Å². The Labute approximate surface area is 94.3 Å². The van der Waals surface area contributed by atoms with Crippen LogP contribution in [0, 0.1) is 0 Å². The van der Waals surface area contributed by atoms with Gasteiger partial charge in [-0.15, -0.1) is 5.10 Å². The molecule has 0 aliphatic carbocycles. The summed E-state index contributed by atoms with van der Waals surface area (Å²) in [6.45, 7) is 4.80. The molecule has 0 aromatic carbocycles. The molecule has 0 fully saturated rings. The van der Waals surface area contributed by atoms with Crippen molar-refractivity contribution in [2.75, 3.05) is 11.9 Å². The fourth-order valence-electron chi connectivity index (χ4n) is 1.52. The van der Waals surface area contributed by atoms with Crippen LogP contribution in [0.4, 0.5) is 5.95 Å². The van der Waals surface area contributed by atoms with Crippen molar-refractivity contribution in [1.82, 2.24) is 24.5 Å². The van der Waals surface area contributed by atoms with Crippen LogP contribution in [-0.2, 0) is 13.1 Å². The van der Waals surface area contributed by atoms with E-state index in [0.29, 0.717) is 0 Å². The molecule has 0 amide bonds. The highest BCUT2D eigenvalue weighted by atomic mass is 15.4. The first-order valence-electron chi connectivity index (χ1n) is 5.49. The summed E-state index contributed by atoms with van der Waals surface area (Å²) in [5, 5.41) is 11.0. The topological polar surface area (TPSA) is 60.6 Å². The number of hydrogen-bond donors (Lipinski definition) is 1. The van der Waals surface area contributed by atoms with Crippen LogP contribution < -0.4 is 5.32 Å². The molecule has 6 heteroatoms. The third-order valence-electron chi connectivity index (χ3n) is 2.38. The van der Waals surface area contributed by atoms with Crippen LogP contribution in [0.3, 0.4) is 0 Å². The standard InChI is InChI=1S/C10H16N6/c1-2-15-8-5-12-10(15)11-4-3-7-16-9-6-13-14-16/h5-6,8-9H,2-4,7H2,1H3,(H,11,12). The van der Waals surface area contributed by atoms with E-state index in [1.807, 2.05) is 23.3 Å². The van der Waals surface area contributed by atoms with Crippen LogP contribution >= 0.6 is 0 Å². The number of anilines is 1. The van der Waals surface area contributed by atoms with Gasteiger partial charge in [-0.25, -0.2) is 4.98 Å². The first-order chi connectivity index (χ1) is 7.90. The van der Waals surface area contributed by atoms with E-state index in [9.17, 15) is 0 Å². The minimum Gasteiger partial charge on any atom is -0.356 e. The second-order valence-corrected chi connectivity index (χ2v) is 3.48. The van der Waals surface area contributed by atoms with Gasteiger partial charge in [0.1, 0.15) is 0 Å². The van der Waals surface area contributed by atoms with Crippen LogP contribution in [-0.4, -0.2) is 31.1 Å². The van der Waals surface area contributed by atoms with Crippen molar-refractivity contribution < 1.29 is 0 Å². The van der Waals surface area contributed by atoms with Gasteiger partial charge in [-0.3, -0.25) is 4.68 Å². The van der Waals surface area contributed by atoms with Gasteiger partial charge < -0.3 is 9.88 Å². The minimum absolute atomic E-state index is 0.875. The molecule has 6 nitrogen and oxygen atoms in total. The van der Waals surface area contributed by atoms with Crippen molar-refractivity contribution in [3.63, 3.8) is 0 Å². The Balaban J connectivity index is 1.72. The summed E-state index contributed by atoms with van der Waals surface area (Å²) in [5.74, 6) is 0.932. The van der Waals surface area contributed by atoms with Gasteiger partial charge >= 0.3 is 0 Å². The Morgan fingerprint density at radius 2 is 2.25 bits per heavy atom. The lowest BCUT2D eigenvalue weighted by Crippen LogP contribution is -2.10. The van der Waals surface area contributed by atoms with Crippen molar-refractivity contribution in [1.29, 1.82) is 0 Å². The molecule has 0 spiro atoms. The Hall–Kier alpha value is -1.85. The van der Waals surface area contributed by atoms with Crippen molar-refractivity contribution >= 4 is 5.95 Å². The first-order valence-corrected chi connectivity index (χ1v) is 5.49. The highest BCUT2D eigenvalue weighted by molar-refractivity contribution is 5.25. The molecule has 0 aliphatic heterocycles. The molecule has 2 aromatic rings. The quantitative estimate of drug-likeness (QED) is 0.738. The highest BCUT2D eigenvalue weighted by Crippen LogP contribution is 2.03. The average Bonchev–Trinajstić information content (AvgIpc) is 2.95. The molecule has 0 unspecified atom stereocenters. The molecule has 2 rings (SSSR count). The fourth-order valence-corrected chi connectivity index (χ4v) is 1.52. The Morgan fingerprint density at radius 3 is 3.00 bits per heavy atom. The summed E-state index contributed by atoms with van der Waals surface area (Å²) >= 11 is 0. The predicted molar refractivity (Wildman–Crippen MR) is 61.0 cm³/mol. The second-order valence-electron chi connectivity index (χ2n) is 3.48. The molecule has 2 heterocycles. The molecular formula is C10H16N6. The zero-order valence-electron chi connectivity index (χ0n) is 9.37. The van der Waals surface area contributed by atoms with Crippen LogP contribution in [0.5, 0.6) is 0 Å². The third kappa shape index (κ3) is 2.59. The number of nitrogens with one attached hydrogen (secondary N) is 1. The number of imidazole rings is 1. The molecule has 86 valence electrons. The molecule has 0 saturated carbocycles. The molecule has 2 aromatic heterocycles. The van der Waals surface area contributed by atoms with Crippen LogP contribution in [0.2, 0.25) is 0 Å². The number of aromatic nitrogens is 5. The van der Waals surface area contributed by atoms with Crippen molar-refractivity contribution in [3.05, 3.63) is 24.8 Å². The molecule has 0 bridgehead atoms. The van der Waals surface area contributed by atoms with Crippen LogP contribution in [0.25, 0.3) is 0 Å². The number of hydrogen-bond acceptors (Lipinski definition) is 4. The lowest BCUT2D eigenvalue weighted by molar-refractivity contribution is 0.568. The molecule has 0 atom stereocenters. The van der Waals surface area contributed by atoms with Crippen molar-refractivity contribution in [3.8, 4) is 0 Å². The van der Waals surface area contributed by atoms with Gasteiger partial charge in [0.15, 0.2) is 0 Å². The first kappa shape index (κ1) is 10.7. The van der Waals surface area contributed by atoms with E-state index in [2.05, 4.69) is 32.1 Å². The fraction of sp³-hybridized carbons (Fsp3) is 0.500. The normalized spacial score (nSPS) is 10.6. The smallest absolute Gasteiger partial charge is 0.202 e. The summed E-state index contributed by atoms with van der Waals surface area (Å²) in [5.41, 5.74) is 0. The molecule has 0 aliphatic rings. The number of rotatable bonds is 6. The Kier molecular flexibility index (Phi) is 3.53. The van der Waals surface area contributed by atoms with Gasteiger partial charge in [0, 0.05) is 38.2 Å². The second kappa shape index (κ2) is 5.29. The van der Waals surface area contributed by atoms with E-state index in [4.69, 9.17) is 0 Å². The van der Waals surface area contributed by atoms with E-state index in [-0.39, 0.29) is 0 Å². The third-order valence-corrected chi connectivity index (χ3v) is 2.38. The van der Waals surface area contributed by atoms with Crippen molar-refractivity contribution in [2.45, 2.75) is 26.4 Å². The van der Waals surface area contributed by atoms with E-state index >= 15 is 0 Å². The maximum atomic E-state index is 4.24. The Bertz CT molecular complexity index is 405. The highest BCUT2D eigenvalue weighted by Gasteiger charge is 1.99. The van der Waals surface area contributed by atoms with Gasteiger partial charge in [0.05, 0.1) is 6.20 Å². The van der Waals surface area contributed by atoms with Gasteiger partial charge in [0.25, 0.3) is 0 Å². The van der Waals surface area contributed by atoms with Crippen LogP contribution in [0.1, 0.15) is 13.3 Å². The van der Waals surface area contributed by atoms with Gasteiger partial charge in [-0.2, -0.15) is 0 Å². The summed E-state index contributed by atoms with van der Waals surface area (Å²) in [7, 11) is 0. The van der Waals surface area contributed by atoms with E-state index in [0.717, 1.165) is 32.0 Å². The molecule has 0 radical (unpaired) electrons. The van der Waals surface area contributed by atoms with Gasteiger partial charge in [-0.1, -0.05) is 5.21 Å². The molecule has 1 N–H and O–H groups in total. The molecule has 16 heavy (non-hydrogen) atoms. The summed E-state index contributed by atoms with van der Waals surface area (Å²) < 4.78 is 3.91. The summed E-state index contributed by atoms with van der Waals surface area (Å²) in [6.07, 6.45) is 8.34. The van der Waals surface area contributed by atoms with E-state index in [1.165, 1.54) is 0 Å². The maximum absolute atomic E-state index is 4.24. The number of aryl methyl sites for hydroxylation is 2. The predicted octanol–water partition coefficient (Wildman–Crippen LogP) is 0.997. The zero-order valence-corrected chi connectivity index (χ0v) is 9.37. The van der Waals surface area contributed by atoms with Crippen molar-refractivity contribution in [2.24, 2.45) is 0 Å². The SMILES string of the molecule is CCn1ccnc1NCCCn1ccnn1. The molecular weight excluding hydrogens is 204 g/mol. The lowest BCUT2D eigenvalue weighted by Gasteiger charge is -2.07. The summed E-state index contributed by atoms with van der Waals surface area (Å²) in [6, 6.07) is 0. The maximum Gasteiger partial charge on any atom is 0.202 e. The average molecular weight is 220 g/mol. The minimum atomic E-state index is 0.875. The zero-order chi connectivity index (χ0) is 11.2. The molecule has 0 saturated heterocycles. The van der Waals surface area contributed by atoms with Crippen LogP contribution in [0.15, 0.2) is 24.8 Å². The van der Waals surface area contributed by atoms with Gasteiger partial charge in [-0.05, 0) is 13.3 Å². The lowest BCUT2D eigenvalue weighted by atomic mass is 10.4. The number of nitrogens with zero attached hydrogens (tertiary/aromatic N) is 5.